The normalized spacial score (nSPS) is 9.97. The number of pyridine rings is 1. The molecule has 0 aliphatic carbocycles. The maximum absolute atomic E-state index is 4.53. The van der Waals surface area contributed by atoms with Gasteiger partial charge < -0.3 is 35.4 Å². The van der Waals surface area contributed by atoms with Gasteiger partial charge in [0.15, 0.2) is 0 Å². The SMILES string of the molecule is Cc1cccc(C)c1NCCN(CCNc1c(C)cccc1C)Cc1ccccn1.[Cl-].[Cl-].[Fe+2]. The third-order valence-corrected chi connectivity index (χ3v) is 5.53. The third kappa shape index (κ3) is 9.56. The Kier molecular flexibility index (Phi) is 15.1. The van der Waals surface area contributed by atoms with E-state index in [2.05, 4.69) is 96.7 Å². The van der Waals surface area contributed by atoms with Crippen molar-refractivity contribution in [3.8, 4) is 0 Å². The second-order valence-corrected chi connectivity index (χ2v) is 7.98. The van der Waals surface area contributed by atoms with Gasteiger partial charge in [-0.1, -0.05) is 42.5 Å². The van der Waals surface area contributed by atoms with Gasteiger partial charge in [-0.05, 0) is 62.1 Å². The smallest absolute Gasteiger partial charge is 1.00 e. The molecule has 3 rings (SSSR count). The van der Waals surface area contributed by atoms with Crippen molar-refractivity contribution in [3.63, 3.8) is 0 Å². The molecule has 7 heteroatoms. The number of hydrogen-bond acceptors (Lipinski definition) is 4. The van der Waals surface area contributed by atoms with Crippen LogP contribution in [0.5, 0.6) is 0 Å². The van der Waals surface area contributed by atoms with Gasteiger partial charge in [0.1, 0.15) is 0 Å². The predicted octanol–water partition coefficient (Wildman–Crippen LogP) is -0.653. The second-order valence-electron chi connectivity index (χ2n) is 7.98. The Balaban J connectivity index is 0.00000341. The van der Waals surface area contributed by atoms with Crippen molar-refractivity contribution in [1.82, 2.24) is 9.88 Å². The molecule has 0 radical (unpaired) electrons. The summed E-state index contributed by atoms with van der Waals surface area (Å²) in [4.78, 5) is 6.99. The number of nitrogens with one attached hydrogen (secondary N) is 2. The summed E-state index contributed by atoms with van der Waals surface area (Å²) in [7, 11) is 0. The third-order valence-electron chi connectivity index (χ3n) is 5.53. The minimum Gasteiger partial charge on any atom is -1.00 e. The van der Waals surface area contributed by atoms with E-state index < -0.39 is 0 Å². The van der Waals surface area contributed by atoms with Gasteiger partial charge in [-0.25, -0.2) is 0 Å². The average Bonchev–Trinajstić information content (AvgIpc) is 2.73. The number of aryl methyl sites for hydroxylation is 4. The summed E-state index contributed by atoms with van der Waals surface area (Å²) >= 11 is 0. The minimum atomic E-state index is 0. The number of aromatic nitrogens is 1. The van der Waals surface area contributed by atoms with E-state index in [4.69, 9.17) is 0 Å². The Morgan fingerprint density at radius 3 is 1.52 bits per heavy atom. The number of rotatable bonds is 10. The Bertz CT molecular complexity index is 856. The molecule has 0 bridgehead atoms. The standard InChI is InChI=1S/C26H34N4.2ClH.Fe/c1-20-9-7-10-21(2)25(20)28-15-17-30(19-24-13-5-6-14-27-24)18-16-29-26-22(3)11-8-12-23(26)4;;;/h5-14,28-29H,15-19H2,1-4H3;2*1H;/q;;;+2/p-2. The van der Waals surface area contributed by atoms with Gasteiger partial charge in [0.05, 0.1) is 5.69 Å². The first-order valence-electron chi connectivity index (χ1n) is 10.8. The molecule has 2 aromatic carbocycles. The first kappa shape index (κ1) is 31.2. The van der Waals surface area contributed by atoms with E-state index in [0.29, 0.717) is 0 Å². The monoisotopic (exact) mass is 528 g/mol. The molecule has 0 spiro atoms. The van der Waals surface area contributed by atoms with E-state index >= 15 is 0 Å². The number of nitrogens with zero attached hydrogens (tertiary/aromatic N) is 2. The fourth-order valence-corrected chi connectivity index (χ4v) is 3.86. The van der Waals surface area contributed by atoms with Crippen molar-refractivity contribution in [1.29, 1.82) is 0 Å². The van der Waals surface area contributed by atoms with Crippen LogP contribution in [0.1, 0.15) is 27.9 Å². The summed E-state index contributed by atoms with van der Waals surface area (Å²) in [5.41, 5.74) is 8.79. The molecule has 33 heavy (non-hydrogen) atoms. The van der Waals surface area contributed by atoms with Crippen molar-refractivity contribution in [2.75, 3.05) is 36.8 Å². The minimum absolute atomic E-state index is 0. The molecule has 4 nitrogen and oxygen atoms in total. The van der Waals surface area contributed by atoms with Crippen LogP contribution in [-0.2, 0) is 23.6 Å². The van der Waals surface area contributed by atoms with Crippen LogP contribution in [0, 0.1) is 27.7 Å². The van der Waals surface area contributed by atoms with Gasteiger partial charge in [0, 0.05) is 50.3 Å². The Hall–Kier alpha value is -1.75. The van der Waals surface area contributed by atoms with E-state index in [0.717, 1.165) is 38.4 Å². The number of halogens is 2. The number of hydrogen-bond donors (Lipinski definition) is 2. The molecular weight excluding hydrogens is 495 g/mol. The van der Waals surface area contributed by atoms with Crippen molar-refractivity contribution >= 4 is 11.4 Å². The molecule has 0 unspecified atom stereocenters. The van der Waals surface area contributed by atoms with Crippen molar-refractivity contribution in [2.45, 2.75) is 34.2 Å². The summed E-state index contributed by atoms with van der Waals surface area (Å²) < 4.78 is 0. The number of anilines is 2. The van der Waals surface area contributed by atoms with Crippen LogP contribution in [0.3, 0.4) is 0 Å². The molecule has 1 heterocycles. The summed E-state index contributed by atoms with van der Waals surface area (Å²) in [6.07, 6.45) is 1.87. The van der Waals surface area contributed by atoms with E-state index in [9.17, 15) is 0 Å². The summed E-state index contributed by atoms with van der Waals surface area (Å²) in [5, 5.41) is 7.28. The van der Waals surface area contributed by atoms with Crippen LogP contribution in [0.2, 0.25) is 0 Å². The van der Waals surface area contributed by atoms with Crippen LogP contribution in [-0.4, -0.2) is 36.1 Å². The fourth-order valence-electron chi connectivity index (χ4n) is 3.86. The molecule has 0 aliphatic heterocycles. The van der Waals surface area contributed by atoms with Crippen molar-refractivity contribution in [3.05, 3.63) is 88.7 Å². The molecule has 0 amide bonds. The van der Waals surface area contributed by atoms with Gasteiger partial charge in [0.2, 0.25) is 0 Å². The van der Waals surface area contributed by atoms with Gasteiger partial charge >= 0.3 is 17.1 Å². The molecular formula is C26H34Cl2FeN4. The molecule has 180 valence electrons. The first-order valence-corrected chi connectivity index (χ1v) is 10.8. The van der Waals surface area contributed by atoms with E-state index in [1.54, 1.807) is 0 Å². The quantitative estimate of drug-likeness (QED) is 0.343. The maximum atomic E-state index is 4.53. The predicted molar refractivity (Wildman–Crippen MR) is 128 cm³/mol. The fraction of sp³-hybridized carbons (Fsp3) is 0.346. The summed E-state index contributed by atoms with van der Waals surface area (Å²) in [6.45, 7) is 13.2. The second kappa shape index (κ2) is 16.0. The average molecular weight is 529 g/mol. The van der Waals surface area contributed by atoms with Crippen LogP contribution < -0.4 is 35.4 Å². The van der Waals surface area contributed by atoms with Crippen LogP contribution in [0.15, 0.2) is 60.8 Å². The molecule has 0 fully saturated rings. The number of benzene rings is 2. The maximum Gasteiger partial charge on any atom is 2.00 e. The zero-order valence-electron chi connectivity index (χ0n) is 19.8. The molecule has 0 aliphatic rings. The number of para-hydroxylation sites is 2. The van der Waals surface area contributed by atoms with Gasteiger partial charge in [-0.2, -0.15) is 0 Å². The largest absolute Gasteiger partial charge is 2.00 e. The zero-order valence-corrected chi connectivity index (χ0v) is 22.4. The van der Waals surface area contributed by atoms with Crippen LogP contribution in [0.4, 0.5) is 11.4 Å². The molecule has 0 saturated heterocycles. The molecule has 2 N–H and O–H groups in total. The van der Waals surface area contributed by atoms with Crippen molar-refractivity contribution < 1.29 is 41.9 Å². The molecule has 0 saturated carbocycles. The Labute approximate surface area is 222 Å². The van der Waals surface area contributed by atoms with E-state index in [-0.39, 0.29) is 41.9 Å². The molecule has 0 atom stereocenters. The topological polar surface area (TPSA) is 40.2 Å². The van der Waals surface area contributed by atoms with Crippen molar-refractivity contribution in [2.24, 2.45) is 0 Å². The van der Waals surface area contributed by atoms with Gasteiger partial charge in [-0.15, -0.1) is 0 Å². The summed E-state index contributed by atoms with van der Waals surface area (Å²) in [5.74, 6) is 0. The van der Waals surface area contributed by atoms with E-state index in [1.807, 2.05) is 12.3 Å². The zero-order chi connectivity index (χ0) is 21.3. The molecule has 1 aromatic heterocycles. The van der Waals surface area contributed by atoms with Crippen LogP contribution in [0.25, 0.3) is 0 Å². The summed E-state index contributed by atoms with van der Waals surface area (Å²) in [6, 6.07) is 19.0. The first-order chi connectivity index (χ1) is 14.5. The van der Waals surface area contributed by atoms with Gasteiger partial charge in [-0.3, -0.25) is 9.88 Å². The Morgan fingerprint density at radius 2 is 1.12 bits per heavy atom. The molecule has 3 aromatic rings. The van der Waals surface area contributed by atoms with Crippen LogP contribution >= 0.6 is 0 Å². The van der Waals surface area contributed by atoms with Gasteiger partial charge in [0.25, 0.3) is 0 Å². The Morgan fingerprint density at radius 1 is 0.667 bits per heavy atom. The van der Waals surface area contributed by atoms with E-state index in [1.165, 1.54) is 33.6 Å².